The van der Waals surface area contributed by atoms with E-state index in [1.807, 2.05) is 0 Å². The van der Waals surface area contributed by atoms with Crippen LogP contribution in [0.3, 0.4) is 0 Å². The quantitative estimate of drug-likeness (QED) is 0.536. The topological polar surface area (TPSA) is 69.2 Å². The van der Waals surface area contributed by atoms with Crippen molar-refractivity contribution in [2.24, 2.45) is 0 Å². The lowest BCUT2D eigenvalue weighted by Gasteiger charge is -2.11. The van der Waals surface area contributed by atoms with Crippen LogP contribution in [0, 0.1) is 0 Å². The van der Waals surface area contributed by atoms with E-state index in [2.05, 4.69) is 5.48 Å². The number of phenolic OH excluding ortho intramolecular Hbond substituents is 1. The molecule has 0 aromatic heterocycles. The van der Waals surface area contributed by atoms with E-state index in [4.69, 9.17) is 19.0 Å². The Hall–Kier alpha value is -1.50. The average molecular weight is 257 g/mol. The predicted molar refractivity (Wildman–Crippen MR) is 65.9 cm³/mol. The van der Waals surface area contributed by atoms with Gasteiger partial charge in [-0.05, 0) is 17.7 Å². The maximum Gasteiger partial charge on any atom is 0.200 e. The zero-order valence-corrected chi connectivity index (χ0v) is 10.9. The standard InChI is InChI=1S/C12H19NO5/c1-15-4-5-18-13-8-9-6-10(16-2)12(14)11(7-9)17-3/h6-7,13-14H,4-5,8H2,1-3H3. The number of benzene rings is 1. The number of hydroxylamine groups is 1. The van der Waals surface area contributed by atoms with E-state index in [-0.39, 0.29) is 5.75 Å². The molecule has 1 aromatic carbocycles. The second kappa shape index (κ2) is 7.75. The van der Waals surface area contributed by atoms with Gasteiger partial charge in [-0.25, -0.2) is 0 Å². The van der Waals surface area contributed by atoms with Gasteiger partial charge in [-0.2, -0.15) is 5.48 Å². The monoisotopic (exact) mass is 257 g/mol. The third-order valence-corrected chi connectivity index (χ3v) is 2.31. The van der Waals surface area contributed by atoms with E-state index in [9.17, 15) is 5.11 Å². The van der Waals surface area contributed by atoms with Crippen LogP contribution in [0.5, 0.6) is 17.2 Å². The smallest absolute Gasteiger partial charge is 0.200 e. The minimum absolute atomic E-state index is 0.0101. The number of nitrogens with one attached hydrogen (secondary N) is 1. The van der Waals surface area contributed by atoms with Crippen molar-refractivity contribution >= 4 is 0 Å². The van der Waals surface area contributed by atoms with Gasteiger partial charge in [0.05, 0.1) is 27.4 Å². The van der Waals surface area contributed by atoms with Crippen LogP contribution in [0.1, 0.15) is 5.56 Å². The van der Waals surface area contributed by atoms with E-state index in [0.717, 1.165) is 5.56 Å². The van der Waals surface area contributed by atoms with E-state index in [1.54, 1.807) is 19.2 Å². The van der Waals surface area contributed by atoms with Gasteiger partial charge in [-0.15, -0.1) is 0 Å². The van der Waals surface area contributed by atoms with E-state index in [0.29, 0.717) is 31.3 Å². The highest BCUT2D eigenvalue weighted by molar-refractivity contribution is 5.52. The fraction of sp³-hybridized carbons (Fsp3) is 0.500. The maximum atomic E-state index is 9.74. The maximum absolute atomic E-state index is 9.74. The lowest BCUT2D eigenvalue weighted by Crippen LogP contribution is -2.17. The number of rotatable bonds is 8. The molecule has 0 bridgehead atoms. The molecule has 1 rings (SSSR count). The molecule has 0 heterocycles. The zero-order chi connectivity index (χ0) is 13.4. The lowest BCUT2D eigenvalue weighted by molar-refractivity contribution is 0.00342. The molecule has 1 aromatic rings. The van der Waals surface area contributed by atoms with Crippen molar-refractivity contribution in [2.45, 2.75) is 6.54 Å². The van der Waals surface area contributed by atoms with Crippen LogP contribution in [0.25, 0.3) is 0 Å². The number of hydrogen-bond donors (Lipinski definition) is 2. The molecule has 0 aliphatic carbocycles. The van der Waals surface area contributed by atoms with Crippen LogP contribution in [-0.2, 0) is 16.1 Å². The van der Waals surface area contributed by atoms with Crippen molar-refractivity contribution in [1.82, 2.24) is 5.48 Å². The summed E-state index contributed by atoms with van der Waals surface area (Å²) in [6.45, 7) is 1.45. The molecule has 0 spiro atoms. The molecule has 6 nitrogen and oxygen atoms in total. The molecule has 6 heteroatoms. The highest BCUT2D eigenvalue weighted by Gasteiger charge is 2.10. The Bertz CT molecular complexity index is 344. The molecular formula is C12H19NO5. The van der Waals surface area contributed by atoms with Crippen molar-refractivity contribution in [1.29, 1.82) is 0 Å². The average Bonchev–Trinajstić information content (AvgIpc) is 2.40. The van der Waals surface area contributed by atoms with Crippen molar-refractivity contribution in [3.05, 3.63) is 17.7 Å². The van der Waals surface area contributed by atoms with Crippen LogP contribution in [-0.4, -0.2) is 39.6 Å². The van der Waals surface area contributed by atoms with Crippen molar-refractivity contribution in [3.63, 3.8) is 0 Å². The van der Waals surface area contributed by atoms with Gasteiger partial charge in [0.25, 0.3) is 0 Å². The summed E-state index contributed by atoms with van der Waals surface area (Å²) in [6.07, 6.45) is 0. The summed E-state index contributed by atoms with van der Waals surface area (Å²) in [6, 6.07) is 3.43. The summed E-state index contributed by atoms with van der Waals surface area (Å²) >= 11 is 0. The Balaban J connectivity index is 2.60. The number of phenols is 1. The van der Waals surface area contributed by atoms with E-state index < -0.39 is 0 Å². The predicted octanol–water partition coefficient (Wildman–Crippen LogP) is 1.08. The molecule has 2 N–H and O–H groups in total. The third kappa shape index (κ3) is 4.06. The fourth-order valence-electron chi connectivity index (χ4n) is 1.38. The molecule has 0 saturated heterocycles. The number of aromatic hydroxyl groups is 1. The first-order valence-corrected chi connectivity index (χ1v) is 5.50. The third-order valence-electron chi connectivity index (χ3n) is 2.31. The zero-order valence-electron chi connectivity index (χ0n) is 10.9. The Morgan fingerprint density at radius 1 is 1.06 bits per heavy atom. The normalized spacial score (nSPS) is 10.4. The first-order valence-electron chi connectivity index (χ1n) is 5.50. The Labute approximate surface area is 106 Å². The van der Waals surface area contributed by atoms with Crippen LogP contribution in [0.4, 0.5) is 0 Å². The summed E-state index contributed by atoms with van der Waals surface area (Å²) in [4.78, 5) is 5.14. The first-order chi connectivity index (χ1) is 8.72. The van der Waals surface area contributed by atoms with Gasteiger partial charge in [0.15, 0.2) is 11.5 Å². The summed E-state index contributed by atoms with van der Waals surface area (Å²) in [7, 11) is 4.58. The van der Waals surface area contributed by atoms with E-state index in [1.165, 1.54) is 14.2 Å². The Kier molecular flexibility index (Phi) is 6.27. The molecule has 0 unspecified atom stereocenters. The Morgan fingerprint density at radius 2 is 1.67 bits per heavy atom. The molecule has 0 fully saturated rings. The Morgan fingerprint density at radius 3 is 2.17 bits per heavy atom. The minimum atomic E-state index is -0.0101. The molecule has 102 valence electrons. The first kappa shape index (κ1) is 14.6. The minimum Gasteiger partial charge on any atom is -0.502 e. The lowest BCUT2D eigenvalue weighted by atomic mass is 10.2. The van der Waals surface area contributed by atoms with Crippen LogP contribution in [0.2, 0.25) is 0 Å². The number of hydrogen-bond acceptors (Lipinski definition) is 6. The molecule has 0 atom stereocenters. The molecule has 0 aliphatic rings. The molecule has 0 radical (unpaired) electrons. The second-order valence-electron chi connectivity index (χ2n) is 3.51. The van der Waals surface area contributed by atoms with Crippen molar-refractivity contribution in [2.75, 3.05) is 34.5 Å². The van der Waals surface area contributed by atoms with Gasteiger partial charge < -0.3 is 19.3 Å². The highest BCUT2D eigenvalue weighted by Crippen LogP contribution is 2.36. The van der Waals surface area contributed by atoms with Gasteiger partial charge in [0.2, 0.25) is 5.75 Å². The van der Waals surface area contributed by atoms with Gasteiger partial charge >= 0.3 is 0 Å². The van der Waals surface area contributed by atoms with E-state index >= 15 is 0 Å². The van der Waals surface area contributed by atoms with Gasteiger partial charge in [0, 0.05) is 13.7 Å². The van der Waals surface area contributed by atoms with Gasteiger partial charge in [-0.1, -0.05) is 0 Å². The SMILES string of the molecule is COCCONCc1cc(OC)c(O)c(OC)c1. The van der Waals surface area contributed by atoms with Crippen LogP contribution >= 0.6 is 0 Å². The molecule has 18 heavy (non-hydrogen) atoms. The highest BCUT2D eigenvalue weighted by atomic mass is 16.7. The number of methoxy groups -OCH3 is 3. The summed E-state index contributed by atoms with van der Waals surface area (Å²) in [5.41, 5.74) is 3.66. The summed E-state index contributed by atoms with van der Waals surface area (Å²) in [5.74, 6) is 0.718. The molecule has 0 saturated carbocycles. The summed E-state index contributed by atoms with van der Waals surface area (Å²) in [5, 5.41) is 9.74. The summed E-state index contributed by atoms with van der Waals surface area (Å²) < 4.78 is 15.0. The van der Waals surface area contributed by atoms with Crippen LogP contribution < -0.4 is 15.0 Å². The van der Waals surface area contributed by atoms with Crippen LogP contribution in [0.15, 0.2) is 12.1 Å². The molecule has 0 amide bonds. The fourth-order valence-corrected chi connectivity index (χ4v) is 1.38. The molecular weight excluding hydrogens is 238 g/mol. The van der Waals surface area contributed by atoms with Gasteiger partial charge in [-0.3, -0.25) is 4.84 Å². The van der Waals surface area contributed by atoms with Crippen molar-refractivity contribution in [3.8, 4) is 17.2 Å². The molecule has 0 aliphatic heterocycles. The second-order valence-corrected chi connectivity index (χ2v) is 3.51. The number of ether oxygens (including phenoxy) is 3. The van der Waals surface area contributed by atoms with Gasteiger partial charge in [0.1, 0.15) is 0 Å². The van der Waals surface area contributed by atoms with Crippen molar-refractivity contribution < 1.29 is 24.2 Å². The largest absolute Gasteiger partial charge is 0.502 e.